The maximum absolute atomic E-state index is 12.2. The number of carbonyl (C=O) groups is 2. The van der Waals surface area contributed by atoms with Gasteiger partial charge in [0.25, 0.3) is 5.91 Å². The molecular formula is C24H25NO6S. The van der Waals surface area contributed by atoms with Gasteiger partial charge in [-0.05, 0) is 29.7 Å². The summed E-state index contributed by atoms with van der Waals surface area (Å²) < 4.78 is 10.8. The Bertz CT molecular complexity index is 1130. The third kappa shape index (κ3) is 6.62. The highest BCUT2D eigenvalue weighted by Gasteiger charge is 2.20. The van der Waals surface area contributed by atoms with Gasteiger partial charge in [-0.15, -0.1) is 0 Å². The predicted octanol–water partition coefficient (Wildman–Crippen LogP) is 3.63. The van der Waals surface area contributed by atoms with Crippen LogP contribution in [-0.4, -0.2) is 35.4 Å². The number of carbonyl (C=O) groups excluding carboxylic acids is 1. The van der Waals surface area contributed by atoms with Crippen LogP contribution in [0.5, 0.6) is 5.75 Å². The minimum absolute atomic E-state index is 0.233. The van der Waals surface area contributed by atoms with E-state index in [1.165, 1.54) is 17.8 Å². The van der Waals surface area contributed by atoms with E-state index in [9.17, 15) is 19.5 Å². The molecule has 0 aliphatic rings. The van der Waals surface area contributed by atoms with Gasteiger partial charge in [0.2, 0.25) is 0 Å². The summed E-state index contributed by atoms with van der Waals surface area (Å²) in [5.74, 6) is -0.403. The van der Waals surface area contributed by atoms with Crippen LogP contribution in [0.2, 0.25) is 0 Å². The van der Waals surface area contributed by atoms with Crippen LogP contribution >= 0.6 is 11.8 Å². The van der Waals surface area contributed by atoms with Crippen molar-refractivity contribution in [1.29, 1.82) is 0 Å². The molecule has 0 unspecified atom stereocenters. The number of aliphatic carboxylic acids is 1. The number of benzene rings is 2. The number of rotatable bonds is 11. The molecule has 1 atom stereocenters. The third-order valence-corrected chi connectivity index (χ3v) is 5.83. The molecule has 0 fully saturated rings. The third-order valence-electron chi connectivity index (χ3n) is 4.72. The topological polar surface area (TPSA) is 106 Å². The summed E-state index contributed by atoms with van der Waals surface area (Å²) in [6.07, 6.45) is 1.65. The van der Waals surface area contributed by atoms with Crippen molar-refractivity contribution >= 4 is 34.6 Å². The quantitative estimate of drug-likeness (QED) is 0.425. The first-order chi connectivity index (χ1) is 15.5. The van der Waals surface area contributed by atoms with Crippen molar-refractivity contribution < 1.29 is 23.8 Å². The highest BCUT2D eigenvalue weighted by Crippen LogP contribution is 2.23. The van der Waals surface area contributed by atoms with E-state index in [0.29, 0.717) is 17.1 Å². The number of aryl methyl sites for hydroxylation is 1. The van der Waals surface area contributed by atoms with E-state index in [-0.39, 0.29) is 12.4 Å². The highest BCUT2D eigenvalue weighted by atomic mass is 32.2. The zero-order valence-electron chi connectivity index (χ0n) is 17.7. The number of amides is 1. The summed E-state index contributed by atoms with van der Waals surface area (Å²) in [5.41, 5.74) is 1.94. The Balaban J connectivity index is 1.55. The minimum atomic E-state index is -1.10. The second-order valence-corrected chi connectivity index (χ2v) is 8.28. The molecule has 1 aromatic heterocycles. The van der Waals surface area contributed by atoms with E-state index in [2.05, 4.69) is 5.32 Å². The first-order valence-electron chi connectivity index (χ1n) is 10.3. The molecule has 0 radical (unpaired) electrons. The molecule has 1 heterocycles. The molecular weight excluding hydrogens is 430 g/mol. The molecule has 2 aromatic carbocycles. The fourth-order valence-electron chi connectivity index (χ4n) is 3.20. The van der Waals surface area contributed by atoms with Crippen molar-refractivity contribution in [1.82, 2.24) is 5.32 Å². The number of carboxylic acids is 1. The molecule has 0 aliphatic heterocycles. The molecule has 0 saturated carbocycles. The first kappa shape index (κ1) is 23.4. The van der Waals surface area contributed by atoms with Gasteiger partial charge in [-0.2, -0.15) is 11.8 Å². The zero-order valence-corrected chi connectivity index (χ0v) is 18.5. The van der Waals surface area contributed by atoms with Crippen LogP contribution < -0.4 is 15.7 Å². The Morgan fingerprint density at radius 1 is 1.16 bits per heavy atom. The number of hydrogen-bond acceptors (Lipinski definition) is 6. The van der Waals surface area contributed by atoms with Gasteiger partial charge in [0, 0.05) is 29.0 Å². The zero-order chi connectivity index (χ0) is 22.9. The number of hydrogen-bond donors (Lipinski definition) is 2. The van der Waals surface area contributed by atoms with Gasteiger partial charge >= 0.3 is 11.6 Å². The molecule has 1 amide bonds. The molecule has 0 aliphatic carbocycles. The normalized spacial score (nSPS) is 11.8. The van der Waals surface area contributed by atoms with Gasteiger partial charge in [-0.3, -0.25) is 4.79 Å². The van der Waals surface area contributed by atoms with Crippen molar-refractivity contribution in [2.75, 3.05) is 12.4 Å². The second-order valence-electron chi connectivity index (χ2n) is 7.25. The van der Waals surface area contributed by atoms with Crippen LogP contribution in [-0.2, 0) is 21.8 Å². The Morgan fingerprint density at radius 3 is 2.66 bits per heavy atom. The van der Waals surface area contributed by atoms with Crippen LogP contribution in [0.1, 0.15) is 24.5 Å². The number of carboxylic acid groups (broad SMARTS) is 1. The molecule has 7 nitrogen and oxygen atoms in total. The molecule has 0 saturated heterocycles. The average molecular weight is 456 g/mol. The largest absolute Gasteiger partial charge is 0.484 e. The maximum Gasteiger partial charge on any atom is 0.336 e. The lowest BCUT2D eigenvalue weighted by Gasteiger charge is -2.15. The molecule has 8 heteroatoms. The van der Waals surface area contributed by atoms with Crippen LogP contribution in [0.4, 0.5) is 0 Å². The Morgan fingerprint density at radius 2 is 1.94 bits per heavy atom. The van der Waals surface area contributed by atoms with Gasteiger partial charge < -0.3 is 19.6 Å². The van der Waals surface area contributed by atoms with Crippen molar-refractivity contribution in [3.63, 3.8) is 0 Å². The van der Waals surface area contributed by atoms with Crippen molar-refractivity contribution in [3.05, 3.63) is 76.1 Å². The fraction of sp³-hybridized carbons (Fsp3) is 0.292. The molecule has 0 spiro atoms. The lowest BCUT2D eigenvalue weighted by atomic mass is 10.1. The van der Waals surface area contributed by atoms with E-state index in [1.807, 2.05) is 37.3 Å². The predicted molar refractivity (Wildman–Crippen MR) is 124 cm³/mol. The van der Waals surface area contributed by atoms with Crippen molar-refractivity contribution in [2.45, 2.75) is 31.6 Å². The summed E-state index contributed by atoms with van der Waals surface area (Å²) in [6.45, 7) is 1.68. The Hall–Kier alpha value is -3.26. The fourth-order valence-corrected chi connectivity index (χ4v) is 4.21. The first-order valence-corrected chi connectivity index (χ1v) is 11.4. The molecule has 168 valence electrons. The molecule has 32 heavy (non-hydrogen) atoms. The van der Waals surface area contributed by atoms with E-state index in [4.69, 9.17) is 9.15 Å². The van der Waals surface area contributed by atoms with Crippen LogP contribution in [0.25, 0.3) is 11.0 Å². The van der Waals surface area contributed by atoms with Gasteiger partial charge in [0.15, 0.2) is 6.61 Å². The SMILES string of the molecule is CCCc1cc(=O)oc2cc(OCC(=O)N[C@@H](CSCc3ccccc3)C(=O)O)ccc12. The number of ether oxygens (including phenoxy) is 1. The van der Waals surface area contributed by atoms with E-state index in [0.717, 1.165) is 29.4 Å². The van der Waals surface area contributed by atoms with Crippen LogP contribution in [0.3, 0.4) is 0 Å². The van der Waals surface area contributed by atoms with Crippen molar-refractivity contribution in [2.24, 2.45) is 0 Å². The second kappa shape index (κ2) is 11.4. The van der Waals surface area contributed by atoms with Gasteiger partial charge in [0.1, 0.15) is 17.4 Å². The Kier molecular flexibility index (Phi) is 8.33. The monoisotopic (exact) mass is 455 g/mol. The summed E-state index contributed by atoms with van der Waals surface area (Å²) in [6, 6.07) is 15.2. The van der Waals surface area contributed by atoms with E-state index < -0.39 is 23.5 Å². The van der Waals surface area contributed by atoms with E-state index in [1.54, 1.807) is 18.2 Å². The number of thioether (sulfide) groups is 1. The minimum Gasteiger partial charge on any atom is -0.484 e. The average Bonchev–Trinajstić information content (AvgIpc) is 2.77. The summed E-state index contributed by atoms with van der Waals surface area (Å²) in [7, 11) is 0. The van der Waals surface area contributed by atoms with Gasteiger partial charge in [-0.25, -0.2) is 9.59 Å². The molecule has 0 bridgehead atoms. The molecule has 3 aromatic rings. The molecule has 2 N–H and O–H groups in total. The summed E-state index contributed by atoms with van der Waals surface area (Å²) in [4.78, 5) is 35.5. The lowest BCUT2D eigenvalue weighted by Crippen LogP contribution is -2.44. The van der Waals surface area contributed by atoms with Gasteiger partial charge in [0.05, 0.1) is 0 Å². The summed E-state index contributed by atoms with van der Waals surface area (Å²) >= 11 is 1.43. The smallest absolute Gasteiger partial charge is 0.336 e. The lowest BCUT2D eigenvalue weighted by molar-refractivity contribution is -0.141. The van der Waals surface area contributed by atoms with Gasteiger partial charge in [-0.1, -0.05) is 43.7 Å². The standard InChI is InChI=1S/C24H25NO6S/c1-2-6-17-11-23(27)31-21-12-18(9-10-19(17)21)30-13-22(26)25-20(24(28)29)15-32-14-16-7-4-3-5-8-16/h3-5,7-12,20H,2,6,13-15H2,1H3,(H,25,26)(H,28,29)/t20-/m0/s1. The molecule has 3 rings (SSSR count). The summed E-state index contributed by atoms with van der Waals surface area (Å²) in [5, 5.41) is 12.7. The number of nitrogens with one attached hydrogen (secondary N) is 1. The van der Waals surface area contributed by atoms with Crippen LogP contribution in [0, 0.1) is 0 Å². The van der Waals surface area contributed by atoms with Crippen molar-refractivity contribution in [3.8, 4) is 5.75 Å². The number of fused-ring (bicyclic) bond motifs is 1. The maximum atomic E-state index is 12.2. The van der Waals surface area contributed by atoms with E-state index >= 15 is 0 Å². The Labute approximate surface area is 189 Å². The van der Waals surface area contributed by atoms with Crippen LogP contribution in [0.15, 0.2) is 63.8 Å². The highest BCUT2D eigenvalue weighted by molar-refractivity contribution is 7.98.